The Labute approximate surface area is 126 Å². The van der Waals surface area contributed by atoms with Crippen molar-refractivity contribution in [1.82, 2.24) is 10.3 Å². The van der Waals surface area contributed by atoms with Gasteiger partial charge in [0.15, 0.2) is 0 Å². The maximum atomic E-state index is 5.30. The van der Waals surface area contributed by atoms with E-state index >= 15 is 0 Å². The number of aryl methyl sites for hydroxylation is 2. The normalized spacial score (nSPS) is 14.8. The summed E-state index contributed by atoms with van der Waals surface area (Å²) in [5.74, 6) is 0.802. The van der Waals surface area contributed by atoms with Crippen molar-refractivity contribution in [2.24, 2.45) is 0 Å². The quantitative estimate of drug-likeness (QED) is 0.914. The number of rotatable bonds is 5. The first-order chi connectivity index (χ1) is 10.3. The van der Waals surface area contributed by atoms with Crippen molar-refractivity contribution in [1.29, 1.82) is 0 Å². The van der Waals surface area contributed by atoms with Crippen molar-refractivity contribution < 1.29 is 4.74 Å². The number of aromatic nitrogens is 1. The van der Waals surface area contributed by atoms with Gasteiger partial charge in [0.25, 0.3) is 0 Å². The summed E-state index contributed by atoms with van der Waals surface area (Å²) in [6.45, 7) is 3.05. The first kappa shape index (κ1) is 14.1. The van der Waals surface area contributed by atoms with Crippen LogP contribution in [0.2, 0.25) is 0 Å². The highest BCUT2D eigenvalue weighted by Gasteiger charge is 2.17. The molecular formula is C18H22N2O. The fourth-order valence-electron chi connectivity index (χ4n) is 3.11. The molecule has 1 atom stereocenters. The van der Waals surface area contributed by atoms with Gasteiger partial charge in [-0.1, -0.05) is 25.1 Å². The fourth-order valence-corrected chi connectivity index (χ4v) is 3.11. The van der Waals surface area contributed by atoms with Crippen LogP contribution in [0.5, 0.6) is 5.75 Å². The summed E-state index contributed by atoms with van der Waals surface area (Å²) in [6, 6.07) is 9.12. The van der Waals surface area contributed by atoms with Crippen LogP contribution in [-0.4, -0.2) is 18.6 Å². The Morgan fingerprint density at radius 1 is 1.14 bits per heavy atom. The summed E-state index contributed by atoms with van der Waals surface area (Å²) in [6.07, 6.45) is 7.38. The molecule has 0 saturated heterocycles. The van der Waals surface area contributed by atoms with Crippen molar-refractivity contribution in [2.45, 2.75) is 32.2 Å². The molecule has 1 unspecified atom stereocenters. The third-order valence-corrected chi connectivity index (χ3v) is 4.17. The highest BCUT2D eigenvalue weighted by Crippen LogP contribution is 2.29. The lowest BCUT2D eigenvalue weighted by Crippen LogP contribution is -2.22. The zero-order chi connectivity index (χ0) is 14.7. The molecule has 1 heterocycles. The average molecular weight is 282 g/mol. The number of pyridine rings is 1. The van der Waals surface area contributed by atoms with E-state index in [0.29, 0.717) is 0 Å². The molecule has 0 fully saturated rings. The van der Waals surface area contributed by atoms with Gasteiger partial charge in [-0.15, -0.1) is 0 Å². The van der Waals surface area contributed by atoms with E-state index in [2.05, 4.69) is 41.5 Å². The molecule has 0 spiro atoms. The van der Waals surface area contributed by atoms with Gasteiger partial charge in [0.1, 0.15) is 5.75 Å². The van der Waals surface area contributed by atoms with Crippen molar-refractivity contribution in [2.75, 3.05) is 13.7 Å². The first-order valence-corrected chi connectivity index (χ1v) is 7.66. The van der Waals surface area contributed by atoms with Gasteiger partial charge in [-0.05, 0) is 54.1 Å². The van der Waals surface area contributed by atoms with E-state index in [1.54, 1.807) is 13.3 Å². The Morgan fingerprint density at radius 2 is 2.00 bits per heavy atom. The lowest BCUT2D eigenvalue weighted by Gasteiger charge is -2.20. The molecule has 21 heavy (non-hydrogen) atoms. The zero-order valence-corrected chi connectivity index (χ0v) is 12.7. The zero-order valence-electron chi connectivity index (χ0n) is 12.7. The minimum Gasteiger partial charge on any atom is -0.495 e. The van der Waals surface area contributed by atoms with Crippen LogP contribution in [0.3, 0.4) is 0 Å². The standard InChI is InChI=1S/C18H22N2O/c1-3-20-18(16-10-17(21-2)12-19-11-16)15-8-7-13-5-4-6-14(13)9-15/h7-12,18,20H,3-6H2,1-2H3. The van der Waals surface area contributed by atoms with Crippen LogP contribution in [0.1, 0.15) is 41.6 Å². The van der Waals surface area contributed by atoms with Crippen LogP contribution in [0.15, 0.2) is 36.7 Å². The summed E-state index contributed by atoms with van der Waals surface area (Å²) >= 11 is 0. The third-order valence-electron chi connectivity index (χ3n) is 4.17. The van der Waals surface area contributed by atoms with Crippen molar-refractivity contribution in [3.05, 3.63) is 58.9 Å². The maximum absolute atomic E-state index is 5.30. The second kappa shape index (κ2) is 6.27. The Balaban J connectivity index is 1.97. The van der Waals surface area contributed by atoms with Crippen molar-refractivity contribution in [3.63, 3.8) is 0 Å². The van der Waals surface area contributed by atoms with Crippen LogP contribution in [0, 0.1) is 0 Å². The number of nitrogens with one attached hydrogen (secondary N) is 1. The number of ether oxygens (including phenoxy) is 1. The molecule has 0 aliphatic heterocycles. The van der Waals surface area contributed by atoms with Crippen LogP contribution < -0.4 is 10.1 Å². The summed E-state index contributed by atoms with van der Waals surface area (Å²) in [7, 11) is 1.68. The van der Waals surface area contributed by atoms with Gasteiger partial charge in [-0.3, -0.25) is 4.98 Å². The molecular weight excluding hydrogens is 260 g/mol. The Morgan fingerprint density at radius 3 is 2.81 bits per heavy atom. The second-order valence-electron chi connectivity index (χ2n) is 5.53. The molecule has 1 aromatic heterocycles. The highest BCUT2D eigenvalue weighted by atomic mass is 16.5. The average Bonchev–Trinajstić information content (AvgIpc) is 3.00. The largest absolute Gasteiger partial charge is 0.495 e. The van der Waals surface area contributed by atoms with E-state index in [4.69, 9.17) is 4.74 Å². The van der Waals surface area contributed by atoms with Gasteiger partial charge >= 0.3 is 0 Å². The van der Waals surface area contributed by atoms with Crippen LogP contribution in [0.4, 0.5) is 0 Å². The molecule has 0 saturated carbocycles. The van der Waals surface area contributed by atoms with Gasteiger partial charge < -0.3 is 10.1 Å². The van der Waals surface area contributed by atoms with E-state index in [1.807, 2.05) is 6.20 Å². The first-order valence-electron chi connectivity index (χ1n) is 7.66. The van der Waals surface area contributed by atoms with E-state index in [-0.39, 0.29) is 6.04 Å². The van der Waals surface area contributed by atoms with E-state index < -0.39 is 0 Å². The molecule has 1 N–H and O–H groups in total. The molecule has 3 heteroatoms. The molecule has 1 aromatic carbocycles. The molecule has 0 bridgehead atoms. The van der Waals surface area contributed by atoms with Crippen molar-refractivity contribution >= 4 is 0 Å². The predicted molar refractivity (Wildman–Crippen MR) is 84.8 cm³/mol. The monoisotopic (exact) mass is 282 g/mol. The molecule has 3 rings (SSSR count). The lowest BCUT2D eigenvalue weighted by atomic mass is 9.96. The number of benzene rings is 1. The molecule has 2 aromatic rings. The number of nitrogens with zero attached hydrogens (tertiary/aromatic N) is 1. The van der Waals surface area contributed by atoms with Gasteiger partial charge in [0.2, 0.25) is 0 Å². The second-order valence-corrected chi connectivity index (χ2v) is 5.53. The lowest BCUT2D eigenvalue weighted by molar-refractivity contribution is 0.411. The summed E-state index contributed by atoms with van der Waals surface area (Å²) < 4.78 is 5.30. The maximum Gasteiger partial charge on any atom is 0.137 e. The van der Waals surface area contributed by atoms with Crippen molar-refractivity contribution in [3.8, 4) is 5.75 Å². The van der Waals surface area contributed by atoms with E-state index in [1.165, 1.54) is 36.0 Å². The summed E-state index contributed by atoms with van der Waals surface area (Å²) in [5.41, 5.74) is 5.48. The minimum atomic E-state index is 0.170. The molecule has 0 radical (unpaired) electrons. The number of methoxy groups -OCH3 is 1. The molecule has 110 valence electrons. The van der Waals surface area contributed by atoms with Gasteiger partial charge in [0, 0.05) is 6.20 Å². The Kier molecular flexibility index (Phi) is 4.20. The predicted octanol–water partition coefficient (Wildman–Crippen LogP) is 3.28. The number of hydrogen-bond donors (Lipinski definition) is 1. The Hall–Kier alpha value is -1.87. The highest BCUT2D eigenvalue weighted by molar-refractivity contribution is 5.40. The SMILES string of the molecule is CCNC(c1cncc(OC)c1)c1ccc2c(c1)CCC2. The topological polar surface area (TPSA) is 34.2 Å². The van der Waals surface area contributed by atoms with E-state index in [0.717, 1.165) is 17.9 Å². The third kappa shape index (κ3) is 2.93. The van der Waals surface area contributed by atoms with Gasteiger partial charge in [-0.25, -0.2) is 0 Å². The molecule has 3 nitrogen and oxygen atoms in total. The molecule has 0 amide bonds. The number of hydrogen-bond acceptors (Lipinski definition) is 3. The summed E-state index contributed by atoms with van der Waals surface area (Å²) in [5, 5.41) is 3.56. The smallest absolute Gasteiger partial charge is 0.137 e. The fraction of sp³-hybridized carbons (Fsp3) is 0.389. The Bertz CT molecular complexity index is 624. The van der Waals surface area contributed by atoms with Gasteiger partial charge in [-0.2, -0.15) is 0 Å². The number of fused-ring (bicyclic) bond motifs is 1. The molecule has 1 aliphatic rings. The van der Waals surface area contributed by atoms with Crippen LogP contribution >= 0.6 is 0 Å². The van der Waals surface area contributed by atoms with Crippen LogP contribution in [0.25, 0.3) is 0 Å². The van der Waals surface area contributed by atoms with Gasteiger partial charge in [0.05, 0.1) is 19.3 Å². The van der Waals surface area contributed by atoms with E-state index in [9.17, 15) is 0 Å². The van der Waals surface area contributed by atoms with Crippen LogP contribution in [-0.2, 0) is 12.8 Å². The summed E-state index contributed by atoms with van der Waals surface area (Å²) in [4.78, 5) is 4.29. The minimum absolute atomic E-state index is 0.170. The molecule has 1 aliphatic carbocycles.